The van der Waals surface area contributed by atoms with Gasteiger partial charge in [-0.1, -0.05) is 5.11 Å². The first-order valence-electron chi connectivity index (χ1n) is 4.33. The van der Waals surface area contributed by atoms with Crippen LogP contribution in [0.3, 0.4) is 0 Å². The van der Waals surface area contributed by atoms with E-state index in [1.807, 2.05) is 0 Å². The summed E-state index contributed by atoms with van der Waals surface area (Å²) >= 11 is 0. The molecule has 4 atom stereocenters. The van der Waals surface area contributed by atoms with Gasteiger partial charge in [0.05, 0.1) is 25.9 Å². The Morgan fingerprint density at radius 1 is 1.64 bits per heavy atom. The van der Waals surface area contributed by atoms with Gasteiger partial charge in [-0.2, -0.15) is 0 Å². The summed E-state index contributed by atoms with van der Waals surface area (Å²) in [7, 11) is 0. The van der Waals surface area contributed by atoms with Crippen LogP contribution in [0.1, 0.15) is 0 Å². The predicted octanol–water partition coefficient (Wildman–Crippen LogP) is -0.814. The second-order valence-electron chi connectivity index (χ2n) is 3.51. The first-order chi connectivity index (χ1) is 6.73. The van der Waals surface area contributed by atoms with Crippen molar-refractivity contribution in [2.45, 2.75) is 23.9 Å². The lowest BCUT2D eigenvalue weighted by molar-refractivity contribution is -0.242. The summed E-state index contributed by atoms with van der Waals surface area (Å²) in [5, 5.41) is 22.1. The van der Waals surface area contributed by atoms with Crippen molar-refractivity contribution in [3.05, 3.63) is 10.4 Å². The molecule has 14 heavy (non-hydrogen) atoms. The third kappa shape index (κ3) is 1.18. The Bertz CT molecular complexity index is 276. The van der Waals surface area contributed by atoms with E-state index in [4.69, 9.17) is 20.1 Å². The normalized spacial score (nSPS) is 45.1. The van der Waals surface area contributed by atoms with Crippen LogP contribution in [0.25, 0.3) is 10.4 Å². The molecule has 0 aromatic rings. The van der Waals surface area contributed by atoms with E-state index >= 15 is 0 Å². The van der Waals surface area contributed by atoms with E-state index in [1.165, 1.54) is 0 Å². The Morgan fingerprint density at radius 2 is 2.43 bits per heavy atom. The van der Waals surface area contributed by atoms with E-state index < -0.39 is 23.9 Å². The summed E-state index contributed by atoms with van der Waals surface area (Å²) in [6.45, 7) is 0.138. The molecule has 7 heteroatoms. The zero-order chi connectivity index (χ0) is 10.2. The fourth-order valence-corrected chi connectivity index (χ4v) is 1.88. The topological polar surface area (TPSA) is 108 Å². The summed E-state index contributed by atoms with van der Waals surface area (Å²) in [5.74, 6) is 0. The first kappa shape index (κ1) is 9.70. The van der Waals surface area contributed by atoms with Gasteiger partial charge in [0.2, 0.25) is 0 Å². The predicted molar refractivity (Wildman–Crippen MR) is 44.4 cm³/mol. The van der Waals surface area contributed by atoms with E-state index in [0.29, 0.717) is 0 Å². The maximum Gasteiger partial charge on any atom is 0.143 e. The van der Waals surface area contributed by atoms with Gasteiger partial charge in [0.25, 0.3) is 0 Å². The maximum absolute atomic E-state index is 9.66. The largest absolute Gasteiger partial charge is 0.393 e. The van der Waals surface area contributed by atoms with E-state index in [9.17, 15) is 5.11 Å². The molecule has 0 aromatic heterocycles. The molecule has 0 radical (unpaired) electrons. The monoisotopic (exact) mass is 201 g/mol. The van der Waals surface area contributed by atoms with Crippen molar-refractivity contribution >= 4 is 0 Å². The molecule has 2 N–H and O–H groups in total. The van der Waals surface area contributed by atoms with Gasteiger partial charge in [-0.25, -0.2) is 0 Å². The van der Waals surface area contributed by atoms with E-state index in [1.54, 1.807) is 0 Å². The fraction of sp³-hybridized carbons (Fsp3) is 1.00. The standard InChI is InChI=1S/C7H11N3O4/c8-10-9-1-4-5(12)6-7(2-11,14-4)3-13-6/h4-6,11-12H,1-3H2/t4-,5-,6-,7-/m0/s1. The van der Waals surface area contributed by atoms with E-state index in [2.05, 4.69) is 10.0 Å². The summed E-state index contributed by atoms with van der Waals surface area (Å²) in [4.78, 5) is 2.58. The average Bonchev–Trinajstić information content (AvgIpc) is 2.33. The van der Waals surface area contributed by atoms with Crippen LogP contribution in [-0.4, -0.2) is 53.9 Å². The molecule has 78 valence electrons. The molecule has 2 rings (SSSR count). The molecule has 0 spiro atoms. The van der Waals surface area contributed by atoms with Gasteiger partial charge in [0, 0.05) is 4.91 Å². The number of hydrogen-bond donors (Lipinski definition) is 2. The zero-order valence-electron chi connectivity index (χ0n) is 7.41. The van der Waals surface area contributed by atoms with Crippen LogP contribution in [0.4, 0.5) is 0 Å². The number of rotatable bonds is 3. The number of fused-ring (bicyclic) bond motifs is 1. The smallest absolute Gasteiger partial charge is 0.143 e. The summed E-state index contributed by atoms with van der Waals surface area (Å²) in [6.07, 6.45) is -1.90. The van der Waals surface area contributed by atoms with Crippen LogP contribution in [0.2, 0.25) is 0 Å². The second kappa shape index (κ2) is 3.38. The Morgan fingerprint density at radius 3 is 2.86 bits per heavy atom. The Kier molecular flexibility index (Phi) is 2.34. The van der Waals surface area contributed by atoms with Gasteiger partial charge < -0.3 is 19.7 Å². The zero-order valence-corrected chi connectivity index (χ0v) is 7.41. The van der Waals surface area contributed by atoms with Crippen molar-refractivity contribution < 1.29 is 19.7 Å². The third-order valence-electron chi connectivity index (χ3n) is 2.70. The highest BCUT2D eigenvalue weighted by Gasteiger charge is 2.61. The molecule has 0 saturated carbocycles. The second-order valence-corrected chi connectivity index (χ2v) is 3.51. The minimum atomic E-state index is -0.832. The number of aliphatic hydroxyl groups excluding tert-OH is 2. The Hall–Kier alpha value is -0.850. The van der Waals surface area contributed by atoms with Crippen molar-refractivity contribution in [1.29, 1.82) is 0 Å². The molecule has 2 heterocycles. The lowest BCUT2D eigenvalue weighted by atomic mass is 9.91. The molecule has 2 fully saturated rings. The first-order valence-corrected chi connectivity index (χ1v) is 4.33. The molecular weight excluding hydrogens is 190 g/mol. The number of nitrogens with zero attached hydrogens (tertiary/aromatic N) is 3. The molecule has 0 unspecified atom stereocenters. The lowest BCUT2D eigenvalue weighted by Crippen LogP contribution is -2.61. The number of aliphatic hydroxyl groups is 2. The van der Waals surface area contributed by atoms with Crippen LogP contribution in [0, 0.1) is 0 Å². The van der Waals surface area contributed by atoms with Gasteiger partial charge in [-0.05, 0) is 5.53 Å². The van der Waals surface area contributed by atoms with Crippen LogP contribution in [0.15, 0.2) is 5.11 Å². The van der Waals surface area contributed by atoms with E-state index in [0.717, 1.165) is 0 Å². The fourth-order valence-electron chi connectivity index (χ4n) is 1.88. The highest BCUT2D eigenvalue weighted by molar-refractivity contribution is 5.09. The third-order valence-corrected chi connectivity index (χ3v) is 2.70. The van der Waals surface area contributed by atoms with E-state index in [-0.39, 0.29) is 19.8 Å². The van der Waals surface area contributed by atoms with Gasteiger partial charge >= 0.3 is 0 Å². The molecule has 2 saturated heterocycles. The summed E-state index contributed by atoms with van der Waals surface area (Å²) in [5.41, 5.74) is 7.34. The van der Waals surface area contributed by atoms with Crippen LogP contribution in [0.5, 0.6) is 0 Å². The average molecular weight is 201 g/mol. The molecule has 2 aliphatic heterocycles. The van der Waals surface area contributed by atoms with Crippen LogP contribution < -0.4 is 0 Å². The molecule has 0 aromatic carbocycles. The highest BCUT2D eigenvalue weighted by Crippen LogP contribution is 2.40. The number of hydrogen-bond acceptors (Lipinski definition) is 5. The molecule has 0 bridgehead atoms. The van der Waals surface area contributed by atoms with Crippen molar-refractivity contribution in [2.75, 3.05) is 19.8 Å². The van der Waals surface area contributed by atoms with Crippen molar-refractivity contribution in [3.8, 4) is 0 Å². The van der Waals surface area contributed by atoms with Crippen molar-refractivity contribution in [1.82, 2.24) is 0 Å². The van der Waals surface area contributed by atoms with Gasteiger partial charge in [0.1, 0.15) is 17.8 Å². The van der Waals surface area contributed by atoms with Crippen molar-refractivity contribution in [2.24, 2.45) is 5.11 Å². The Labute approximate surface area is 79.9 Å². The molecule has 0 aliphatic carbocycles. The maximum atomic E-state index is 9.66. The molecular formula is C7H11N3O4. The van der Waals surface area contributed by atoms with Gasteiger partial charge in [-0.15, -0.1) is 0 Å². The quantitative estimate of drug-likeness (QED) is 0.353. The van der Waals surface area contributed by atoms with Crippen molar-refractivity contribution in [3.63, 3.8) is 0 Å². The van der Waals surface area contributed by atoms with Gasteiger partial charge in [-0.3, -0.25) is 0 Å². The summed E-state index contributed by atoms with van der Waals surface area (Å²) < 4.78 is 10.5. The molecule has 2 aliphatic rings. The number of azide groups is 1. The van der Waals surface area contributed by atoms with Gasteiger partial charge in [0.15, 0.2) is 0 Å². The van der Waals surface area contributed by atoms with Crippen LogP contribution >= 0.6 is 0 Å². The lowest BCUT2D eigenvalue weighted by Gasteiger charge is -2.42. The SMILES string of the molecule is [N-]=[N+]=NC[C@@H]1O[C@@]2(CO)CO[C@H]2[C@H]1O. The van der Waals surface area contributed by atoms with Crippen LogP contribution in [-0.2, 0) is 9.47 Å². The highest BCUT2D eigenvalue weighted by atomic mass is 16.6. The Balaban J connectivity index is 2.06. The summed E-state index contributed by atoms with van der Waals surface area (Å²) in [6, 6.07) is 0. The molecule has 0 amide bonds. The molecule has 7 nitrogen and oxygen atoms in total. The number of ether oxygens (including phenoxy) is 2. The minimum absolute atomic E-state index is 0.0548. The minimum Gasteiger partial charge on any atom is -0.393 e.